The van der Waals surface area contributed by atoms with Crippen LogP contribution in [0.15, 0.2) is 43.0 Å². The molecule has 2 fully saturated rings. The van der Waals surface area contributed by atoms with Crippen LogP contribution in [0.25, 0.3) is 0 Å². The Labute approximate surface area is 136 Å². The van der Waals surface area contributed by atoms with Crippen LogP contribution in [0.4, 0.5) is 0 Å². The van der Waals surface area contributed by atoms with E-state index in [1.165, 1.54) is 0 Å². The van der Waals surface area contributed by atoms with Crippen LogP contribution in [0.2, 0.25) is 0 Å². The summed E-state index contributed by atoms with van der Waals surface area (Å²) in [6, 6.07) is 9.83. The van der Waals surface area contributed by atoms with Gasteiger partial charge in [-0.05, 0) is 18.4 Å². The van der Waals surface area contributed by atoms with Gasteiger partial charge >= 0.3 is 5.97 Å². The van der Waals surface area contributed by atoms with Crippen molar-refractivity contribution in [2.45, 2.75) is 43.9 Å². The van der Waals surface area contributed by atoms with Crippen LogP contribution >= 0.6 is 0 Å². The van der Waals surface area contributed by atoms with Crippen LogP contribution in [0.3, 0.4) is 0 Å². The fourth-order valence-electron chi connectivity index (χ4n) is 2.84. The summed E-state index contributed by atoms with van der Waals surface area (Å²) in [5.41, 5.74) is 0.0705. The fourth-order valence-corrected chi connectivity index (χ4v) is 2.84. The first kappa shape index (κ1) is 16.2. The highest BCUT2D eigenvalue weighted by atomic mass is 16.7. The summed E-state index contributed by atoms with van der Waals surface area (Å²) >= 11 is 0. The second kappa shape index (κ2) is 7.25. The van der Waals surface area contributed by atoms with Gasteiger partial charge in [-0.3, -0.25) is 0 Å². The molecule has 3 atom stereocenters. The molecule has 5 nitrogen and oxygen atoms in total. The van der Waals surface area contributed by atoms with Crippen LogP contribution in [-0.4, -0.2) is 37.2 Å². The molecular weight excluding hydrogens is 296 g/mol. The zero-order valence-electron chi connectivity index (χ0n) is 13.1. The average molecular weight is 318 g/mol. The maximum Gasteiger partial charge on any atom is 0.345 e. The summed E-state index contributed by atoms with van der Waals surface area (Å²) in [4.78, 5) is 11.9. The predicted octanol–water partition coefficient (Wildman–Crippen LogP) is 2.60. The number of hydrogen-bond donors (Lipinski definition) is 0. The smallest absolute Gasteiger partial charge is 0.345 e. The van der Waals surface area contributed by atoms with Gasteiger partial charge in [0.15, 0.2) is 6.29 Å². The van der Waals surface area contributed by atoms with Crippen molar-refractivity contribution >= 4 is 5.97 Å². The number of carbonyl (C=O) groups is 1. The van der Waals surface area contributed by atoms with Gasteiger partial charge in [-0.15, -0.1) is 6.58 Å². The molecule has 0 radical (unpaired) electrons. The van der Waals surface area contributed by atoms with E-state index in [0.29, 0.717) is 19.6 Å². The number of carbonyl (C=O) groups excluding carboxylic acids is 1. The normalized spacial score (nSPS) is 28.8. The van der Waals surface area contributed by atoms with Crippen LogP contribution in [-0.2, 0) is 30.3 Å². The molecule has 2 aliphatic heterocycles. The third kappa shape index (κ3) is 3.47. The number of fused-ring (bicyclic) bond motifs is 1. The lowest BCUT2D eigenvalue weighted by Gasteiger charge is -2.39. The standard InChI is InChI=1S/C18H22O5/c1-2-3-7-10-21-16-11-15-18(23-16,17(19)22-15)13-20-12-14-8-5-4-6-9-14/h2,4-6,8-9,15-16H,1,3,7,10-13H2/t15-,16?,18+/m0/s1. The van der Waals surface area contributed by atoms with E-state index in [9.17, 15) is 4.79 Å². The van der Waals surface area contributed by atoms with Crippen molar-refractivity contribution in [1.82, 2.24) is 0 Å². The van der Waals surface area contributed by atoms with Gasteiger partial charge in [0.05, 0.1) is 19.8 Å². The molecule has 0 bridgehead atoms. The highest BCUT2D eigenvalue weighted by Gasteiger charge is 2.66. The molecule has 0 N–H and O–H groups in total. The minimum atomic E-state index is -0.988. The second-order valence-electron chi connectivity index (χ2n) is 5.85. The van der Waals surface area contributed by atoms with E-state index in [1.807, 2.05) is 36.4 Å². The highest BCUT2D eigenvalue weighted by molar-refractivity contribution is 5.87. The Morgan fingerprint density at radius 1 is 1.35 bits per heavy atom. The molecule has 23 heavy (non-hydrogen) atoms. The van der Waals surface area contributed by atoms with Gasteiger partial charge in [0, 0.05) is 6.42 Å². The third-order valence-electron chi connectivity index (χ3n) is 4.15. The Morgan fingerprint density at radius 2 is 2.17 bits per heavy atom. The quantitative estimate of drug-likeness (QED) is 0.398. The molecule has 0 aliphatic carbocycles. The van der Waals surface area contributed by atoms with Gasteiger partial charge in [0.2, 0.25) is 5.60 Å². The topological polar surface area (TPSA) is 54.0 Å². The van der Waals surface area contributed by atoms with Crippen LogP contribution in [0, 0.1) is 0 Å². The van der Waals surface area contributed by atoms with E-state index in [1.54, 1.807) is 0 Å². The van der Waals surface area contributed by atoms with Gasteiger partial charge in [-0.25, -0.2) is 4.79 Å². The summed E-state index contributed by atoms with van der Waals surface area (Å²) in [7, 11) is 0. The van der Waals surface area contributed by atoms with E-state index in [2.05, 4.69) is 6.58 Å². The van der Waals surface area contributed by atoms with Crippen molar-refractivity contribution in [2.75, 3.05) is 13.2 Å². The number of hydrogen-bond acceptors (Lipinski definition) is 5. The zero-order chi connectivity index (χ0) is 16.1. The number of esters is 1. The fraction of sp³-hybridized carbons (Fsp3) is 0.500. The molecule has 0 aromatic heterocycles. The minimum Gasteiger partial charge on any atom is -0.456 e. The van der Waals surface area contributed by atoms with E-state index in [0.717, 1.165) is 18.4 Å². The number of ether oxygens (including phenoxy) is 4. The molecule has 5 heteroatoms. The number of rotatable bonds is 9. The average Bonchev–Trinajstić information content (AvgIpc) is 2.85. The molecular formula is C18H22O5. The van der Waals surface area contributed by atoms with Crippen LogP contribution in [0.1, 0.15) is 24.8 Å². The van der Waals surface area contributed by atoms with E-state index in [-0.39, 0.29) is 18.7 Å². The molecule has 3 rings (SSSR count). The van der Waals surface area contributed by atoms with Crippen LogP contribution in [0.5, 0.6) is 0 Å². The van der Waals surface area contributed by atoms with Gasteiger partial charge < -0.3 is 18.9 Å². The van der Waals surface area contributed by atoms with Crippen LogP contribution < -0.4 is 0 Å². The maximum absolute atomic E-state index is 11.9. The predicted molar refractivity (Wildman–Crippen MR) is 83.6 cm³/mol. The number of benzene rings is 1. The molecule has 1 unspecified atom stereocenters. The molecule has 0 amide bonds. The lowest BCUT2D eigenvalue weighted by Crippen LogP contribution is -2.63. The monoisotopic (exact) mass is 318 g/mol. The van der Waals surface area contributed by atoms with Crippen molar-refractivity contribution < 1.29 is 23.7 Å². The molecule has 1 aromatic carbocycles. The molecule has 0 saturated carbocycles. The first-order valence-electron chi connectivity index (χ1n) is 7.97. The number of unbranched alkanes of at least 4 members (excludes halogenated alkanes) is 1. The first-order chi connectivity index (χ1) is 11.2. The van der Waals surface area contributed by atoms with E-state index >= 15 is 0 Å². The molecule has 2 saturated heterocycles. The minimum absolute atomic E-state index is 0.192. The van der Waals surface area contributed by atoms with Gasteiger partial charge in [-0.1, -0.05) is 36.4 Å². The molecule has 124 valence electrons. The Morgan fingerprint density at radius 3 is 2.91 bits per heavy atom. The Bertz CT molecular complexity index is 544. The Hall–Kier alpha value is -1.69. The SMILES string of the molecule is C=CCCCOC1C[C@@H]2OC(=O)[C@]2(COCc2ccccc2)O1. The molecule has 2 heterocycles. The molecule has 1 aromatic rings. The van der Waals surface area contributed by atoms with Crippen molar-refractivity contribution in [1.29, 1.82) is 0 Å². The van der Waals surface area contributed by atoms with Gasteiger partial charge in [-0.2, -0.15) is 0 Å². The largest absolute Gasteiger partial charge is 0.456 e. The van der Waals surface area contributed by atoms with Crippen molar-refractivity contribution in [3.63, 3.8) is 0 Å². The summed E-state index contributed by atoms with van der Waals surface area (Å²) in [6.45, 7) is 4.89. The lowest BCUT2D eigenvalue weighted by molar-refractivity contribution is -0.250. The zero-order valence-corrected chi connectivity index (χ0v) is 13.1. The summed E-state index contributed by atoms with van der Waals surface area (Å²) in [6.07, 6.45) is 3.53. The van der Waals surface area contributed by atoms with Crippen molar-refractivity contribution in [2.24, 2.45) is 0 Å². The molecule has 0 spiro atoms. The number of allylic oxidation sites excluding steroid dienone is 1. The Balaban J connectivity index is 1.48. The highest BCUT2D eigenvalue weighted by Crippen LogP contribution is 2.42. The maximum atomic E-state index is 11.9. The Kier molecular flexibility index (Phi) is 5.10. The van der Waals surface area contributed by atoms with E-state index < -0.39 is 11.9 Å². The molecule has 2 aliphatic rings. The van der Waals surface area contributed by atoms with Gasteiger partial charge in [0.1, 0.15) is 6.10 Å². The van der Waals surface area contributed by atoms with Gasteiger partial charge in [0.25, 0.3) is 0 Å². The van der Waals surface area contributed by atoms with Crippen molar-refractivity contribution in [3.05, 3.63) is 48.6 Å². The lowest BCUT2D eigenvalue weighted by atomic mass is 9.92. The third-order valence-corrected chi connectivity index (χ3v) is 4.15. The van der Waals surface area contributed by atoms with Crippen molar-refractivity contribution in [3.8, 4) is 0 Å². The summed E-state index contributed by atoms with van der Waals surface area (Å²) < 4.78 is 22.4. The first-order valence-corrected chi connectivity index (χ1v) is 7.97. The van der Waals surface area contributed by atoms with E-state index in [4.69, 9.17) is 18.9 Å². The second-order valence-corrected chi connectivity index (χ2v) is 5.85. The summed E-state index contributed by atoms with van der Waals surface area (Å²) in [5.74, 6) is -0.354. The summed E-state index contributed by atoms with van der Waals surface area (Å²) in [5, 5.41) is 0.